The molecule has 0 bridgehead atoms. The normalized spacial score (nSPS) is 19.3. The Morgan fingerprint density at radius 2 is 2.15 bits per heavy atom. The second kappa shape index (κ2) is 3.21. The van der Waals surface area contributed by atoms with Crippen LogP contribution in [0.5, 0.6) is 0 Å². The first-order valence-electron chi connectivity index (χ1n) is 4.33. The molecule has 0 spiro atoms. The van der Waals surface area contributed by atoms with Crippen molar-refractivity contribution in [2.75, 3.05) is 44.0 Å². The molecule has 0 radical (unpaired) electrons. The van der Waals surface area contributed by atoms with Gasteiger partial charge in [0.15, 0.2) is 0 Å². The smallest absolute Gasteiger partial charge is 0.296 e. The molecule has 2 heterocycles. The van der Waals surface area contributed by atoms with Crippen LogP contribution in [0.3, 0.4) is 0 Å². The average molecular weight is 184 g/mol. The van der Waals surface area contributed by atoms with Gasteiger partial charge in [0, 0.05) is 13.1 Å². The highest BCUT2D eigenvalue weighted by atomic mass is 16.5. The zero-order valence-electron chi connectivity index (χ0n) is 7.68. The van der Waals surface area contributed by atoms with Crippen LogP contribution in [0.4, 0.5) is 5.88 Å². The van der Waals surface area contributed by atoms with Gasteiger partial charge >= 0.3 is 0 Å². The van der Waals surface area contributed by atoms with Crippen molar-refractivity contribution >= 4 is 5.88 Å². The van der Waals surface area contributed by atoms with Crippen molar-refractivity contribution in [3.8, 4) is 0 Å². The first kappa shape index (κ1) is 8.31. The highest BCUT2D eigenvalue weighted by molar-refractivity contribution is 5.11. The zero-order valence-corrected chi connectivity index (χ0v) is 7.68. The SMILES string of the molecule is CN1CCN([n+]2cc(N)on2)CC1. The number of aromatic nitrogens is 2. The summed E-state index contributed by atoms with van der Waals surface area (Å²) in [6.45, 7) is 3.99. The summed E-state index contributed by atoms with van der Waals surface area (Å²) in [6, 6.07) is 0. The molecule has 6 heteroatoms. The second-order valence-electron chi connectivity index (χ2n) is 3.28. The Morgan fingerprint density at radius 1 is 1.46 bits per heavy atom. The molecule has 0 aliphatic carbocycles. The summed E-state index contributed by atoms with van der Waals surface area (Å²) >= 11 is 0. The fraction of sp³-hybridized carbons (Fsp3) is 0.714. The molecule has 0 unspecified atom stereocenters. The number of rotatable bonds is 1. The number of likely N-dealkylation sites (N-methyl/N-ethyl adjacent to an activating group) is 1. The van der Waals surface area contributed by atoms with E-state index >= 15 is 0 Å². The molecule has 1 aromatic heterocycles. The molecule has 1 aliphatic heterocycles. The quantitative estimate of drug-likeness (QED) is 0.534. The lowest BCUT2D eigenvalue weighted by Gasteiger charge is -2.26. The second-order valence-corrected chi connectivity index (χ2v) is 3.28. The first-order chi connectivity index (χ1) is 6.25. The predicted octanol–water partition coefficient (Wildman–Crippen LogP) is -1.57. The molecule has 1 aromatic rings. The van der Waals surface area contributed by atoms with E-state index in [-0.39, 0.29) is 0 Å². The molecule has 72 valence electrons. The largest absolute Gasteiger partial charge is 0.362 e. The van der Waals surface area contributed by atoms with Crippen LogP contribution in [0.2, 0.25) is 0 Å². The lowest BCUT2D eigenvalue weighted by atomic mass is 10.4. The molecule has 0 amide bonds. The van der Waals surface area contributed by atoms with Gasteiger partial charge in [-0.1, -0.05) is 0 Å². The van der Waals surface area contributed by atoms with Gasteiger partial charge in [-0.25, -0.2) is 0 Å². The summed E-state index contributed by atoms with van der Waals surface area (Å²) in [4.78, 5) is 3.95. The minimum atomic E-state index is 0.346. The van der Waals surface area contributed by atoms with Crippen LogP contribution in [-0.2, 0) is 0 Å². The van der Waals surface area contributed by atoms with Gasteiger partial charge in [-0.15, -0.1) is 0 Å². The summed E-state index contributed by atoms with van der Waals surface area (Å²) in [5.74, 6) is 0.346. The van der Waals surface area contributed by atoms with Crippen LogP contribution in [-0.4, -0.2) is 43.4 Å². The van der Waals surface area contributed by atoms with Crippen LogP contribution in [0.15, 0.2) is 10.7 Å². The summed E-state index contributed by atoms with van der Waals surface area (Å²) < 4.78 is 4.78. The molecule has 13 heavy (non-hydrogen) atoms. The van der Waals surface area contributed by atoms with Gasteiger partial charge in [-0.05, 0) is 7.05 Å². The van der Waals surface area contributed by atoms with Crippen molar-refractivity contribution in [3.05, 3.63) is 6.20 Å². The van der Waals surface area contributed by atoms with Crippen LogP contribution in [0.25, 0.3) is 0 Å². The Labute approximate surface area is 76.4 Å². The van der Waals surface area contributed by atoms with Gasteiger partial charge in [0.05, 0.1) is 17.9 Å². The third-order valence-corrected chi connectivity index (χ3v) is 2.24. The van der Waals surface area contributed by atoms with E-state index in [1.165, 1.54) is 0 Å². The maximum absolute atomic E-state index is 5.43. The van der Waals surface area contributed by atoms with E-state index in [1.54, 1.807) is 11.0 Å². The number of piperazine rings is 1. The van der Waals surface area contributed by atoms with E-state index in [0.29, 0.717) is 5.88 Å². The van der Waals surface area contributed by atoms with E-state index in [0.717, 1.165) is 26.2 Å². The van der Waals surface area contributed by atoms with E-state index in [2.05, 4.69) is 22.2 Å². The topological polar surface area (TPSA) is 62.4 Å². The Morgan fingerprint density at radius 3 is 2.69 bits per heavy atom. The Bertz CT molecular complexity index is 278. The highest BCUT2D eigenvalue weighted by Crippen LogP contribution is 1.95. The van der Waals surface area contributed by atoms with Crippen molar-refractivity contribution in [3.63, 3.8) is 0 Å². The van der Waals surface area contributed by atoms with E-state index in [1.807, 2.05) is 0 Å². The maximum atomic E-state index is 5.43. The fourth-order valence-corrected chi connectivity index (χ4v) is 1.38. The number of nitrogens with zero attached hydrogens (tertiary/aromatic N) is 4. The summed E-state index contributed by atoms with van der Waals surface area (Å²) in [5.41, 5.74) is 5.43. The first-order valence-corrected chi connectivity index (χ1v) is 4.33. The number of anilines is 1. The average Bonchev–Trinajstić information content (AvgIpc) is 2.53. The molecule has 6 nitrogen and oxygen atoms in total. The number of hydrogen-bond donors (Lipinski definition) is 1. The third-order valence-electron chi connectivity index (χ3n) is 2.24. The monoisotopic (exact) mass is 184 g/mol. The third kappa shape index (κ3) is 1.72. The fourth-order valence-electron chi connectivity index (χ4n) is 1.38. The van der Waals surface area contributed by atoms with Crippen molar-refractivity contribution < 1.29 is 9.31 Å². The van der Waals surface area contributed by atoms with Crippen molar-refractivity contribution in [1.29, 1.82) is 0 Å². The van der Waals surface area contributed by atoms with Crippen molar-refractivity contribution in [2.45, 2.75) is 0 Å². The summed E-state index contributed by atoms with van der Waals surface area (Å²) in [7, 11) is 2.11. The van der Waals surface area contributed by atoms with Crippen molar-refractivity contribution in [1.82, 2.24) is 10.2 Å². The molecule has 1 aliphatic rings. The molecule has 1 fully saturated rings. The molecule has 0 saturated carbocycles. The van der Waals surface area contributed by atoms with E-state index in [4.69, 9.17) is 10.3 Å². The van der Waals surface area contributed by atoms with Crippen LogP contribution in [0, 0.1) is 0 Å². The van der Waals surface area contributed by atoms with E-state index < -0.39 is 0 Å². The van der Waals surface area contributed by atoms with Gasteiger partial charge in [-0.2, -0.15) is 5.01 Å². The number of nitrogen functional groups attached to an aromatic ring is 1. The molecular weight excluding hydrogens is 170 g/mol. The Kier molecular flexibility index (Phi) is 2.05. The van der Waals surface area contributed by atoms with Gasteiger partial charge in [0.25, 0.3) is 12.1 Å². The Balaban J connectivity index is 2.02. The number of nitrogens with two attached hydrogens (primary N) is 1. The van der Waals surface area contributed by atoms with E-state index in [9.17, 15) is 0 Å². The Hall–Kier alpha value is -1.30. The molecule has 2 rings (SSSR count). The minimum absolute atomic E-state index is 0.346. The standard InChI is InChI=1S/C7H14N5O/c1-10-2-4-11(5-3-10)12-6-7(8)13-9-12/h6H,2-5,8H2,1H3/q+1. The summed E-state index contributed by atoms with van der Waals surface area (Å²) in [5, 5.41) is 5.89. The van der Waals surface area contributed by atoms with Gasteiger partial charge < -0.3 is 10.6 Å². The maximum Gasteiger partial charge on any atom is 0.296 e. The molecule has 1 saturated heterocycles. The number of hydrogen-bond acceptors (Lipinski definition) is 5. The van der Waals surface area contributed by atoms with Gasteiger partial charge in [0.1, 0.15) is 0 Å². The highest BCUT2D eigenvalue weighted by Gasteiger charge is 2.23. The molecular formula is C7H14N5O+. The summed E-state index contributed by atoms with van der Waals surface area (Å²) in [6.07, 6.45) is 1.69. The predicted molar refractivity (Wildman–Crippen MR) is 46.6 cm³/mol. The van der Waals surface area contributed by atoms with Crippen LogP contribution in [0.1, 0.15) is 0 Å². The lowest BCUT2D eigenvalue weighted by Crippen LogP contribution is -2.64. The molecule has 2 N–H and O–H groups in total. The van der Waals surface area contributed by atoms with Crippen LogP contribution < -0.4 is 15.5 Å². The van der Waals surface area contributed by atoms with Gasteiger partial charge in [0.2, 0.25) is 5.27 Å². The zero-order chi connectivity index (χ0) is 9.26. The minimum Gasteiger partial charge on any atom is -0.362 e. The lowest BCUT2D eigenvalue weighted by molar-refractivity contribution is -0.759. The van der Waals surface area contributed by atoms with Gasteiger partial charge in [-0.3, -0.25) is 4.52 Å². The molecule has 0 aromatic carbocycles. The molecule has 0 atom stereocenters. The van der Waals surface area contributed by atoms with Crippen molar-refractivity contribution in [2.24, 2.45) is 0 Å². The van der Waals surface area contributed by atoms with Crippen LogP contribution >= 0.6 is 0 Å².